The fraction of sp³-hybridized carbons (Fsp3) is 0.385. The summed E-state index contributed by atoms with van der Waals surface area (Å²) in [5, 5.41) is 5.63. The van der Waals surface area contributed by atoms with Gasteiger partial charge >= 0.3 is 0 Å². The normalized spacial score (nSPS) is 18.1. The molecule has 0 unspecified atom stereocenters. The Hall–Kier alpha value is -1.86. The largest absolute Gasteiger partial charge is 0.381 e. The summed E-state index contributed by atoms with van der Waals surface area (Å²) >= 11 is 1.50. The van der Waals surface area contributed by atoms with E-state index in [1.54, 1.807) is 18.6 Å². The number of aromatic nitrogens is 3. The van der Waals surface area contributed by atoms with E-state index in [-0.39, 0.29) is 11.8 Å². The molecule has 20 heavy (non-hydrogen) atoms. The first-order valence-electron chi connectivity index (χ1n) is 6.39. The van der Waals surface area contributed by atoms with Crippen LogP contribution in [-0.4, -0.2) is 34.1 Å². The molecule has 1 fully saturated rings. The average molecular weight is 290 g/mol. The van der Waals surface area contributed by atoms with Crippen LogP contribution in [0.2, 0.25) is 0 Å². The molecule has 0 aliphatic carbocycles. The number of nitrogens with one attached hydrogen (secondary N) is 1. The van der Waals surface area contributed by atoms with Crippen LogP contribution in [0.5, 0.6) is 0 Å². The number of hydrogen-bond acceptors (Lipinski definition) is 6. The van der Waals surface area contributed by atoms with Crippen molar-refractivity contribution in [3.8, 4) is 10.7 Å². The molecule has 2 aromatic heterocycles. The maximum absolute atomic E-state index is 11.9. The molecule has 1 saturated heterocycles. The highest BCUT2D eigenvalue weighted by Gasteiger charge is 2.23. The molecule has 1 amide bonds. The Kier molecular flexibility index (Phi) is 3.98. The van der Waals surface area contributed by atoms with Crippen molar-refractivity contribution in [2.45, 2.75) is 13.0 Å². The Balaban J connectivity index is 1.59. The van der Waals surface area contributed by atoms with Gasteiger partial charge < -0.3 is 10.1 Å². The molecule has 0 saturated carbocycles. The number of ether oxygens (including phenoxy) is 1. The molecule has 0 bridgehead atoms. The van der Waals surface area contributed by atoms with Crippen molar-refractivity contribution in [2.75, 3.05) is 13.2 Å². The first-order valence-corrected chi connectivity index (χ1v) is 7.27. The molecule has 3 heterocycles. The Labute approximate surface area is 120 Å². The molecule has 104 valence electrons. The number of thiazole rings is 1. The molecule has 0 radical (unpaired) electrons. The fourth-order valence-electron chi connectivity index (χ4n) is 1.98. The Morgan fingerprint density at radius 1 is 1.50 bits per heavy atom. The first kappa shape index (κ1) is 13.1. The second-order valence-electron chi connectivity index (χ2n) is 4.51. The minimum absolute atomic E-state index is 0.0203. The van der Waals surface area contributed by atoms with Gasteiger partial charge in [-0.3, -0.25) is 14.8 Å². The lowest BCUT2D eigenvalue weighted by atomic mass is 10.1. The lowest BCUT2D eigenvalue weighted by Gasteiger charge is -2.07. The summed E-state index contributed by atoms with van der Waals surface area (Å²) in [6.45, 7) is 1.63. The highest BCUT2D eigenvalue weighted by Crippen LogP contribution is 2.20. The summed E-state index contributed by atoms with van der Waals surface area (Å²) in [6.07, 6.45) is 5.74. The third-order valence-electron chi connectivity index (χ3n) is 3.08. The standard InChI is InChI=1S/C13H14N4O2S/c18-12(9-1-4-19-7-9)16-5-10-8-20-13(17-10)11-6-14-2-3-15-11/h2-3,6,8-9H,1,4-5,7H2,(H,16,18)/t9-/m1/s1. The molecule has 0 spiro atoms. The van der Waals surface area contributed by atoms with Crippen LogP contribution in [0.4, 0.5) is 0 Å². The van der Waals surface area contributed by atoms with Crippen molar-refractivity contribution in [1.29, 1.82) is 0 Å². The van der Waals surface area contributed by atoms with E-state index in [1.165, 1.54) is 11.3 Å². The van der Waals surface area contributed by atoms with Crippen LogP contribution >= 0.6 is 11.3 Å². The zero-order valence-corrected chi connectivity index (χ0v) is 11.6. The molecule has 6 nitrogen and oxygen atoms in total. The first-order chi connectivity index (χ1) is 9.83. The van der Waals surface area contributed by atoms with Crippen molar-refractivity contribution < 1.29 is 9.53 Å². The van der Waals surface area contributed by atoms with Crippen molar-refractivity contribution in [1.82, 2.24) is 20.3 Å². The highest BCUT2D eigenvalue weighted by molar-refractivity contribution is 7.13. The van der Waals surface area contributed by atoms with Crippen LogP contribution in [0, 0.1) is 5.92 Å². The number of carbonyl (C=O) groups excluding carboxylic acids is 1. The van der Waals surface area contributed by atoms with Gasteiger partial charge in [-0.15, -0.1) is 11.3 Å². The Morgan fingerprint density at radius 3 is 3.20 bits per heavy atom. The van der Waals surface area contributed by atoms with Gasteiger partial charge in [0, 0.05) is 24.4 Å². The summed E-state index contributed by atoms with van der Waals surface area (Å²) in [5.41, 5.74) is 1.59. The summed E-state index contributed by atoms with van der Waals surface area (Å²) in [4.78, 5) is 24.5. The fourth-order valence-corrected chi connectivity index (χ4v) is 2.76. The molecule has 7 heteroatoms. The average Bonchev–Trinajstić information content (AvgIpc) is 3.17. The van der Waals surface area contributed by atoms with Gasteiger partial charge in [0.2, 0.25) is 5.91 Å². The van der Waals surface area contributed by atoms with Crippen molar-refractivity contribution >= 4 is 17.2 Å². The second kappa shape index (κ2) is 6.06. The van der Waals surface area contributed by atoms with Gasteiger partial charge in [0.25, 0.3) is 0 Å². The zero-order chi connectivity index (χ0) is 13.8. The minimum atomic E-state index is -0.0203. The molecule has 3 rings (SSSR count). The minimum Gasteiger partial charge on any atom is -0.381 e. The van der Waals surface area contributed by atoms with E-state index >= 15 is 0 Å². The number of carbonyl (C=O) groups is 1. The van der Waals surface area contributed by atoms with Crippen molar-refractivity contribution in [3.05, 3.63) is 29.7 Å². The van der Waals surface area contributed by atoms with E-state index in [1.807, 2.05) is 5.38 Å². The smallest absolute Gasteiger partial charge is 0.225 e. The molecule has 1 aliphatic heterocycles. The Morgan fingerprint density at radius 2 is 2.45 bits per heavy atom. The van der Waals surface area contributed by atoms with E-state index in [9.17, 15) is 4.79 Å². The van der Waals surface area contributed by atoms with Gasteiger partial charge in [-0.05, 0) is 6.42 Å². The van der Waals surface area contributed by atoms with Crippen LogP contribution in [-0.2, 0) is 16.1 Å². The summed E-state index contributed by atoms with van der Waals surface area (Å²) in [6, 6.07) is 0. The number of nitrogens with zero attached hydrogens (tertiary/aromatic N) is 3. The second-order valence-corrected chi connectivity index (χ2v) is 5.37. The third-order valence-corrected chi connectivity index (χ3v) is 3.99. The highest BCUT2D eigenvalue weighted by atomic mass is 32.1. The maximum Gasteiger partial charge on any atom is 0.225 e. The zero-order valence-electron chi connectivity index (χ0n) is 10.8. The van der Waals surface area contributed by atoms with Gasteiger partial charge in [-0.2, -0.15) is 0 Å². The topological polar surface area (TPSA) is 77.0 Å². The third kappa shape index (κ3) is 3.00. The molecule has 1 aliphatic rings. The number of amides is 1. The summed E-state index contributed by atoms with van der Waals surface area (Å²) < 4.78 is 5.20. The van der Waals surface area contributed by atoms with Gasteiger partial charge in [0.05, 0.1) is 31.0 Å². The van der Waals surface area contributed by atoms with Gasteiger partial charge in [0.15, 0.2) is 0 Å². The van der Waals surface area contributed by atoms with Gasteiger partial charge in [-0.25, -0.2) is 4.98 Å². The van der Waals surface area contributed by atoms with Crippen molar-refractivity contribution in [3.63, 3.8) is 0 Å². The van der Waals surface area contributed by atoms with E-state index < -0.39 is 0 Å². The predicted molar refractivity (Wildman–Crippen MR) is 73.9 cm³/mol. The molecule has 2 aromatic rings. The van der Waals surface area contributed by atoms with Gasteiger partial charge in [-0.1, -0.05) is 0 Å². The van der Waals surface area contributed by atoms with E-state index in [2.05, 4.69) is 20.3 Å². The predicted octanol–water partition coefficient (Wildman–Crippen LogP) is 1.25. The molecule has 1 atom stereocenters. The van der Waals surface area contributed by atoms with Crippen LogP contribution in [0.15, 0.2) is 24.0 Å². The van der Waals surface area contributed by atoms with Crippen LogP contribution in [0.25, 0.3) is 10.7 Å². The van der Waals surface area contributed by atoms with E-state index in [0.29, 0.717) is 19.8 Å². The quantitative estimate of drug-likeness (QED) is 0.917. The lowest BCUT2D eigenvalue weighted by Crippen LogP contribution is -2.30. The van der Waals surface area contributed by atoms with Gasteiger partial charge in [0.1, 0.15) is 10.7 Å². The maximum atomic E-state index is 11.9. The Bertz CT molecular complexity index is 581. The van der Waals surface area contributed by atoms with E-state index in [0.717, 1.165) is 22.8 Å². The SMILES string of the molecule is O=C(NCc1csc(-c2cnccn2)n1)[C@@H]1CCOC1. The summed E-state index contributed by atoms with van der Waals surface area (Å²) in [5.74, 6) is 0.0182. The van der Waals surface area contributed by atoms with Crippen LogP contribution < -0.4 is 5.32 Å². The number of hydrogen-bond donors (Lipinski definition) is 1. The molecule has 0 aromatic carbocycles. The van der Waals surface area contributed by atoms with E-state index in [4.69, 9.17) is 4.74 Å². The molecular formula is C13H14N4O2S. The summed E-state index contributed by atoms with van der Waals surface area (Å²) in [7, 11) is 0. The number of rotatable bonds is 4. The monoisotopic (exact) mass is 290 g/mol. The van der Waals surface area contributed by atoms with Crippen LogP contribution in [0.1, 0.15) is 12.1 Å². The molecule has 1 N–H and O–H groups in total. The van der Waals surface area contributed by atoms with Crippen LogP contribution in [0.3, 0.4) is 0 Å². The van der Waals surface area contributed by atoms with Crippen molar-refractivity contribution in [2.24, 2.45) is 5.92 Å². The lowest BCUT2D eigenvalue weighted by molar-refractivity contribution is -0.125. The molecular weight excluding hydrogens is 276 g/mol.